The topological polar surface area (TPSA) is 70.2 Å². The van der Waals surface area contributed by atoms with Crippen LogP contribution in [-0.4, -0.2) is 19.9 Å². The Hall–Kier alpha value is -2.04. The van der Waals surface area contributed by atoms with E-state index in [1.807, 2.05) is 0 Å². The molecule has 0 aliphatic heterocycles. The summed E-state index contributed by atoms with van der Waals surface area (Å²) in [7, 11) is 1.75. The number of carbonyl (C=O) groups excluding carboxylic acids is 2. The van der Waals surface area contributed by atoms with E-state index in [2.05, 4.69) is 16.0 Å². The third-order valence-electron chi connectivity index (χ3n) is 1.73. The Bertz CT molecular complexity index is 339. The fourth-order valence-corrected chi connectivity index (χ4v) is 1.10. The van der Waals surface area contributed by atoms with Crippen LogP contribution in [0, 0.1) is 0 Å². The smallest absolute Gasteiger partial charge is 0.211 e. The Morgan fingerprint density at radius 1 is 1.07 bits per heavy atom. The number of nitrogens with one attached hydrogen (secondary N) is 3. The maximum atomic E-state index is 10.3. The van der Waals surface area contributed by atoms with E-state index in [0.29, 0.717) is 24.2 Å². The summed E-state index contributed by atoms with van der Waals surface area (Å²) < 4.78 is 0. The van der Waals surface area contributed by atoms with Crippen LogP contribution >= 0.6 is 0 Å². The van der Waals surface area contributed by atoms with Gasteiger partial charge in [-0.3, -0.25) is 9.59 Å². The molecule has 74 valence electrons. The Balaban J connectivity index is 2.99. The molecule has 0 heterocycles. The lowest BCUT2D eigenvalue weighted by Gasteiger charge is -2.09. The maximum Gasteiger partial charge on any atom is 0.211 e. The van der Waals surface area contributed by atoms with Gasteiger partial charge in [0.2, 0.25) is 12.8 Å². The first-order valence-corrected chi connectivity index (χ1v) is 4.04. The SMILES string of the molecule is CNc1ccc(NC=O)cc1NC=O. The molecule has 5 nitrogen and oxygen atoms in total. The quantitative estimate of drug-likeness (QED) is 0.607. The number of benzene rings is 1. The van der Waals surface area contributed by atoms with Crippen molar-refractivity contribution >= 4 is 29.9 Å². The summed E-state index contributed by atoms with van der Waals surface area (Å²) in [6.45, 7) is 0. The molecule has 0 aliphatic carbocycles. The van der Waals surface area contributed by atoms with Crippen molar-refractivity contribution in [1.82, 2.24) is 0 Å². The van der Waals surface area contributed by atoms with Crippen LogP contribution in [-0.2, 0) is 9.59 Å². The maximum absolute atomic E-state index is 10.3. The molecule has 14 heavy (non-hydrogen) atoms. The molecule has 0 saturated carbocycles. The van der Waals surface area contributed by atoms with Gasteiger partial charge in [0.1, 0.15) is 0 Å². The molecule has 1 aromatic carbocycles. The predicted octanol–water partition coefficient (Wildman–Crippen LogP) is 0.865. The highest BCUT2D eigenvalue weighted by Gasteiger charge is 2.00. The lowest BCUT2D eigenvalue weighted by Crippen LogP contribution is -2.01. The molecule has 0 unspecified atom stereocenters. The molecule has 0 fully saturated rings. The van der Waals surface area contributed by atoms with Gasteiger partial charge in [-0.25, -0.2) is 0 Å². The summed E-state index contributed by atoms with van der Waals surface area (Å²) in [6.07, 6.45) is 1.17. The van der Waals surface area contributed by atoms with Crippen molar-refractivity contribution in [3.05, 3.63) is 18.2 Å². The van der Waals surface area contributed by atoms with E-state index in [1.54, 1.807) is 25.2 Å². The van der Waals surface area contributed by atoms with Crippen LogP contribution in [0.25, 0.3) is 0 Å². The Morgan fingerprint density at radius 2 is 1.79 bits per heavy atom. The monoisotopic (exact) mass is 193 g/mol. The predicted molar refractivity (Wildman–Crippen MR) is 55.4 cm³/mol. The van der Waals surface area contributed by atoms with Crippen molar-refractivity contribution in [3.63, 3.8) is 0 Å². The standard InChI is InChI=1S/C9H11N3O2/c1-10-8-3-2-7(11-5-13)4-9(8)12-6-14/h2-6,10H,1H3,(H,11,13)(H,12,14). The Kier molecular flexibility index (Phi) is 3.49. The number of carbonyl (C=O) groups is 2. The highest BCUT2D eigenvalue weighted by Crippen LogP contribution is 2.24. The van der Waals surface area contributed by atoms with Crippen LogP contribution < -0.4 is 16.0 Å². The second kappa shape index (κ2) is 4.86. The van der Waals surface area contributed by atoms with E-state index < -0.39 is 0 Å². The van der Waals surface area contributed by atoms with Crippen molar-refractivity contribution < 1.29 is 9.59 Å². The lowest BCUT2D eigenvalue weighted by atomic mass is 10.2. The molecule has 1 rings (SSSR count). The highest BCUT2D eigenvalue weighted by atomic mass is 16.1. The zero-order valence-electron chi connectivity index (χ0n) is 7.70. The Morgan fingerprint density at radius 3 is 2.36 bits per heavy atom. The minimum Gasteiger partial charge on any atom is -0.386 e. The summed E-state index contributed by atoms with van der Waals surface area (Å²) in [5.41, 5.74) is 2.03. The fourth-order valence-electron chi connectivity index (χ4n) is 1.10. The molecule has 1 aromatic rings. The third kappa shape index (κ3) is 2.22. The molecular formula is C9H11N3O2. The van der Waals surface area contributed by atoms with E-state index in [0.717, 1.165) is 5.69 Å². The van der Waals surface area contributed by atoms with Gasteiger partial charge in [-0.2, -0.15) is 0 Å². The van der Waals surface area contributed by atoms with Gasteiger partial charge in [-0.1, -0.05) is 0 Å². The second-order valence-electron chi connectivity index (χ2n) is 2.53. The summed E-state index contributed by atoms with van der Waals surface area (Å²) in [4.78, 5) is 20.5. The largest absolute Gasteiger partial charge is 0.386 e. The number of amides is 2. The van der Waals surface area contributed by atoms with E-state index in [1.165, 1.54) is 0 Å². The molecule has 3 N–H and O–H groups in total. The molecule has 5 heteroatoms. The molecule has 0 radical (unpaired) electrons. The number of hydrogen-bond acceptors (Lipinski definition) is 3. The van der Waals surface area contributed by atoms with Crippen LogP contribution in [0.2, 0.25) is 0 Å². The first-order valence-electron chi connectivity index (χ1n) is 4.04. The second-order valence-corrected chi connectivity index (χ2v) is 2.53. The van der Waals surface area contributed by atoms with E-state index in [-0.39, 0.29) is 0 Å². The van der Waals surface area contributed by atoms with Crippen molar-refractivity contribution in [2.45, 2.75) is 0 Å². The van der Waals surface area contributed by atoms with Crippen LogP contribution in [0.4, 0.5) is 17.1 Å². The van der Waals surface area contributed by atoms with E-state index in [4.69, 9.17) is 0 Å². The lowest BCUT2D eigenvalue weighted by molar-refractivity contribution is -0.106. The number of rotatable bonds is 5. The van der Waals surface area contributed by atoms with E-state index in [9.17, 15) is 9.59 Å². The van der Waals surface area contributed by atoms with Crippen LogP contribution in [0.5, 0.6) is 0 Å². The van der Waals surface area contributed by atoms with Crippen LogP contribution in [0.15, 0.2) is 18.2 Å². The summed E-state index contributed by atoms with van der Waals surface area (Å²) >= 11 is 0. The van der Waals surface area contributed by atoms with E-state index >= 15 is 0 Å². The average Bonchev–Trinajstić information content (AvgIpc) is 2.19. The molecule has 2 amide bonds. The van der Waals surface area contributed by atoms with Crippen molar-refractivity contribution in [3.8, 4) is 0 Å². The third-order valence-corrected chi connectivity index (χ3v) is 1.73. The van der Waals surface area contributed by atoms with Gasteiger partial charge >= 0.3 is 0 Å². The van der Waals surface area contributed by atoms with Crippen molar-refractivity contribution in [2.24, 2.45) is 0 Å². The summed E-state index contributed by atoms with van der Waals surface area (Å²) in [6, 6.07) is 5.16. The average molecular weight is 193 g/mol. The molecular weight excluding hydrogens is 182 g/mol. The van der Waals surface area contributed by atoms with Gasteiger partial charge in [0, 0.05) is 12.7 Å². The van der Waals surface area contributed by atoms with Crippen LogP contribution in [0.3, 0.4) is 0 Å². The summed E-state index contributed by atoms with van der Waals surface area (Å²) in [5.74, 6) is 0. The van der Waals surface area contributed by atoms with Crippen molar-refractivity contribution in [1.29, 1.82) is 0 Å². The van der Waals surface area contributed by atoms with Gasteiger partial charge in [0.15, 0.2) is 0 Å². The van der Waals surface area contributed by atoms with Gasteiger partial charge < -0.3 is 16.0 Å². The Labute approximate surface area is 81.5 Å². The fraction of sp³-hybridized carbons (Fsp3) is 0.111. The molecule has 0 saturated heterocycles. The molecule has 0 aliphatic rings. The summed E-state index contributed by atoms with van der Waals surface area (Å²) in [5, 5.41) is 7.93. The molecule has 0 aromatic heterocycles. The molecule has 0 bridgehead atoms. The van der Waals surface area contributed by atoms with Gasteiger partial charge in [0.05, 0.1) is 11.4 Å². The van der Waals surface area contributed by atoms with Gasteiger partial charge in [0.25, 0.3) is 0 Å². The first-order chi connectivity index (χ1) is 6.81. The minimum absolute atomic E-state index is 0.582. The van der Waals surface area contributed by atoms with Crippen molar-refractivity contribution in [2.75, 3.05) is 23.0 Å². The van der Waals surface area contributed by atoms with Crippen LogP contribution in [0.1, 0.15) is 0 Å². The number of anilines is 3. The number of hydrogen-bond donors (Lipinski definition) is 3. The zero-order chi connectivity index (χ0) is 10.4. The van der Waals surface area contributed by atoms with Gasteiger partial charge in [-0.05, 0) is 18.2 Å². The first kappa shape index (κ1) is 10.0. The zero-order valence-corrected chi connectivity index (χ0v) is 7.70. The molecule has 0 atom stereocenters. The van der Waals surface area contributed by atoms with Gasteiger partial charge in [-0.15, -0.1) is 0 Å². The normalized spacial score (nSPS) is 8.93. The minimum atomic E-state index is 0.582. The highest BCUT2D eigenvalue weighted by molar-refractivity contribution is 5.85. The molecule has 0 spiro atoms.